The first-order valence-corrected chi connectivity index (χ1v) is 13.1. The van der Waals surface area contributed by atoms with Crippen molar-refractivity contribution in [3.05, 3.63) is 59.3 Å². The van der Waals surface area contributed by atoms with E-state index in [0.717, 1.165) is 36.6 Å². The molecule has 0 radical (unpaired) electrons. The molecule has 0 saturated heterocycles. The number of aromatic nitrogens is 5. The normalized spacial score (nSPS) is 17.6. The fourth-order valence-electron chi connectivity index (χ4n) is 4.59. The van der Waals surface area contributed by atoms with Crippen LogP contribution in [0.4, 0.5) is 24.7 Å². The minimum absolute atomic E-state index is 0.0903. The van der Waals surface area contributed by atoms with Crippen molar-refractivity contribution in [2.24, 2.45) is 0 Å². The van der Waals surface area contributed by atoms with Gasteiger partial charge in [-0.2, -0.15) is 18.3 Å². The number of carbonyl (C=O) groups is 1. The number of nitrogens with zero attached hydrogens (tertiary/aromatic N) is 5. The van der Waals surface area contributed by atoms with Crippen LogP contribution in [0.3, 0.4) is 0 Å². The highest BCUT2D eigenvalue weighted by molar-refractivity contribution is 6.34. The van der Waals surface area contributed by atoms with Crippen molar-refractivity contribution >= 4 is 34.7 Å². The largest absolute Gasteiger partial charge is 0.433 e. The van der Waals surface area contributed by atoms with Crippen molar-refractivity contribution < 1.29 is 22.4 Å². The van der Waals surface area contributed by atoms with E-state index in [1.54, 1.807) is 18.2 Å². The number of nitrogens with one attached hydrogen (secondary N) is 4. The average molecular weight is 577 g/mol. The molecule has 40 heavy (non-hydrogen) atoms. The molecule has 0 aliphatic heterocycles. The molecule has 1 saturated carbocycles. The molecule has 14 heteroatoms. The minimum atomic E-state index is -4.60. The monoisotopic (exact) mass is 576 g/mol. The molecule has 0 atom stereocenters. The Morgan fingerprint density at radius 3 is 2.65 bits per heavy atom. The molecule has 1 amide bonds. The van der Waals surface area contributed by atoms with Gasteiger partial charge in [-0.05, 0) is 31.0 Å². The first-order chi connectivity index (χ1) is 18.9. The third kappa shape index (κ3) is 6.06. The Labute approximate surface area is 233 Å². The summed E-state index contributed by atoms with van der Waals surface area (Å²) in [5.74, 6) is 0.0578. The molecule has 1 fully saturated rings. The van der Waals surface area contributed by atoms with Crippen molar-refractivity contribution in [2.75, 3.05) is 39.5 Å². The van der Waals surface area contributed by atoms with E-state index in [2.05, 4.69) is 52.2 Å². The molecule has 3 aromatic heterocycles. The number of carbonyl (C=O) groups excluding carboxylic acids is 1. The average Bonchev–Trinajstić information content (AvgIpc) is 3.49. The molecular formula is C26H30ClF3N9O+. The van der Waals surface area contributed by atoms with E-state index in [-0.39, 0.29) is 28.2 Å². The highest BCUT2D eigenvalue weighted by Gasteiger charge is 2.37. The van der Waals surface area contributed by atoms with Crippen LogP contribution in [0.5, 0.6) is 0 Å². The highest BCUT2D eigenvalue weighted by Crippen LogP contribution is 2.36. The SMILES string of the molecule is C[N+](C)(C)CCNC1CC(NC(=O)c2ccc(Nc3nccn4c(-c5cn[nH]c5C(F)(F)F)cnc34)cc2Cl)C1. The maximum absolute atomic E-state index is 13.4. The van der Waals surface area contributed by atoms with Gasteiger partial charge in [-0.3, -0.25) is 14.3 Å². The number of likely N-dealkylation sites (N-methyl/N-ethyl adjacent to an activating group) is 1. The van der Waals surface area contributed by atoms with E-state index >= 15 is 0 Å². The molecule has 4 aromatic rings. The molecule has 10 nitrogen and oxygen atoms in total. The number of fused-ring (bicyclic) bond motifs is 1. The number of halogens is 4. The number of H-pyrrole nitrogens is 1. The highest BCUT2D eigenvalue weighted by atomic mass is 35.5. The zero-order chi connectivity index (χ0) is 28.7. The van der Waals surface area contributed by atoms with Crippen molar-refractivity contribution in [2.45, 2.75) is 31.1 Å². The van der Waals surface area contributed by atoms with Crippen molar-refractivity contribution in [1.29, 1.82) is 0 Å². The van der Waals surface area contributed by atoms with Crippen LogP contribution >= 0.6 is 11.6 Å². The Morgan fingerprint density at radius 2 is 1.95 bits per heavy atom. The fourth-order valence-corrected chi connectivity index (χ4v) is 4.85. The maximum atomic E-state index is 13.4. The Kier molecular flexibility index (Phi) is 7.46. The number of alkyl halides is 3. The number of imidazole rings is 1. The Balaban J connectivity index is 1.24. The van der Waals surface area contributed by atoms with Crippen LogP contribution in [-0.4, -0.2) is 81.3 Å². The second kappa shape index (κ2) is 10.7. The second-order valence-electron chi connectivity index (χ2n) is 10.9. The summed E-state index contributed by atoms with van der Waals surface area (Å²) in [7, 11) is 6.46. The predicted molar refractivity (Wildman–Crippen MR) is 145 cm³/mol. The molecule has 5 rings (SSSR count). The molecule has 0 bridgehead atoms. The van der Waals surface area contributed by atoms with Crippen LogP contribution in [0.1, 0.15) is 28.9 Å². The molecule has 1 aliphatic rings. The molecule has 3 heterocycles. The number of benzene rings is 1. The quantitative estimate of drug-likeness (QED) is 0.223. The van der Waals surface area contributed by atoms with Crippen LogP contribution in [-0.2, 0) is 6.18 Å². The predicted octanol–water partition coefficient (Wildman–Crippen LogP) is 4.09. The number of hydrogen-bond donors (Lipinski definition) is 4. The summed E-state index contributed by atoms with van der Waals surface area (Å²) >= 11 is 6.45. The minimum Gasteiger partial charge on any atom is -0.349 e. The van der Waals surface area contributed by atoms with Crippen LogP contribution in [0.25, 0.3) is 16.9 Å². The molecule has 0 unspecified atom stereocenters. The van der Waals surface area contributed by atoms with Gasteiger partial charge >= 0.3 is 6.18 Å². The van der Waals surface area contributed by atoms with Crippen molar-refractivity contribution in [3.8, 4) is 11.3 Å². The van der Waals surface area contributed by atoms with Gasteiger partial charge in [0.1, 0.15) is 5.69 Å². The number of hydrogen-bond acceptors (Lipinski definition) is 6. The standard InChI is InChI=1S/C26H29ClF3N9O/c1-39(2,3)9-7-31-16-10-17(11-16)36-25(40)18-5-4-15(12-20(18)27)35-23-24-33-14-21(38(24)8-6-32-23)19-13-34-37-22(19)26(28,29)30/h4-6,8,12-14,16-17,31H,7,9-11H2,1-3H3,(H2-,32,34,35,36,37,40)/p+1. The van der Waals surface area contributed by atoms with E-state index in [0.29, 0.717) is 28.8 Å². The Bertz CT molecular complexity index is 1520. The van der Waals surface area contributed by atoms with E-state index in [4.69, 9.17) is 11.6 Å². The zero-order valence-electron chi connectivity index (χ0n) is 22.2. The third-order valence-corrected chi connectivity index (χ3v) is 7.10. The summed E-state index contributed by atoms with van der Waals surface area (Å²) in [5.41, 5.74) is 0.301. The summed E-state index contributed by atoms with van der Waals surface area (Å²) in [4.78, 5) is 21.4. The molecule has 4 N–H and O–H groups in total. The summed E-state index contributed by atoms with van der Waals surface area (Å²) < 4.78 is 42.5. The van der Waals surface area contributed by atoms with E-state index in [9.17, 15) is 18.0 Å². The van der Waals surface area contributed by atoms with Crippen molar-refractivity contribution in [1.82, 2.24) is 35.2 Å². The zero-order valence-corrected chi connectivity index (χ0v) is 22.9. The summed E-state index contributed by atoms with van der Waals surface area (Å²) in [6, 6.07) is 5.38. The van der Waals surface area contributed by atoms with Crippen LogP contribution in [0.2, 0.25) is 5.02 Å². The van der Waals surface area contributed by atoms with Gasteiger partial charge in [-0.15, -0.1) is 0 Å². The van der Waals surface area contributed by atoms with Gasteiger partial charge in [-0.1, -0.05) is 11.6 Å². The van der Waals surface area contributed by atoms with Gasteiger partial charge in [0.25, 0.3) is 5.91 Å². The molecule has 212 valence electrons. The van der Waals surface area contributed by atoms with E-state index in [1.165, 1.54) is 23.0 Å². The maximum Gasteiger partial charge on any atom is 0.433 e. The van der Waals surface area contributed by atoms with Crippen LogP contribution in [0.15, 0.2) is 43.0 Å². The number of aromatic amines is 1. The third-order valence-electron chi connectivity index (χ3n) is 6.79. The van der Waals surface area contributed by atoms with Crippen LogP contribution < -0.4 is 16.0 Å². The number of quaternary nitrogens is 1. The molecule has 0 spiro atoms. The second-order valence-corrected chi connectivity index (χ2v) is 11.3. The first-order valence-electron chi connectivity index (χ1n) is 12.7. The van der Waals surface area contributed by atoms with E-state index in [1.807, 2.05) is 5.10 Å². The molecule has 1 aliphatic carbocycles. The van der Waals surface area contributed by atoms with Gasteiger partial charge in [0.15, 0.2) is 11.5 Å². The summed E-state index contributed by atoms with van der Waals surface area (Å²) in [6.45, 7) is 1.95. The lowest BCUT2D eigenvalue weighted by Crippen LogP contribution is -2.54. The topological polar surface area (TPSA) is 112 Å². The number of anilines is 2. The fraction of sp³-hybridized carbons (Fsp3) is 0.385. The smallest absolute Gasteiger partial charge is 0.349 e. The lowest BCUT2D eigenvalue weighted by atomic mass is 9.86. The number of rotatable bonds is 9. The first kappa shape index (κ1) is 27.9. The van der Waals surface area contributed by atoms with Gasteiger partial charge < -0.3 is 20.4 Å². The number of amides is 1. The van der Waals surface area contributed by atoms with Gasteiger partial charge in [0.2, 0.25) is 0 Å². The molecule has 1 aromatic carbocycles. The summed E-state index contributed by atoms with van der Waals surface area (Å²) in [6.07, 6.45) is 2.53. The van der Waals surface area contributed by atoms with Crippen LogP contribution in [0, 0.1) is 0 Å². The molecular weight excluding hydrogens is 547 g/mol. The Morgan fingerprint density at radius 1 is 1.18 bits per heavy atom. The van der Waals surface area contributed by atoms with Gasteiger partial charge in [0, 0.05) is 36.7 Å². The van der Waals surface area contributed by atoms with Gasteiger partial charge in [0.05, 0.1) is 61.9 Å². The summed E-state index contributed by atoms with van der Waals surface area (Å²) in [5, 5.41) is 15.5. The lowest BCUT2D eigenvalue weighted by molar-refractivity contribution is -0.869. The van der Waals surface area contributed by atoms with Gasteiger partial charge in [-0.25, -0.2) is 9.97 Å². The van der Waals surface area contributed by atoms with Crippen molar-refractivity contribution in [3.63, 3.8) is 0 Å². The lowest BCUT2D eigenvalue weighted by Gasteiger charge is -2.37. The Hall–Kier alpha value is -3.68. The van der Waals surface area contributed by atoms with E-state index < -0.39 is 11.9 Å².